The Morgan fingerprint density at radius 2 is 1.55 bits per heavy atom. The third kappa shape index (κ3) is 3.71. The van der Waals surface area contributed by atoms with E-state index in [1.165, 1.54) is 35.1 Å². The molecule has 3 aliphatic rings. The lowest BCUT2D eigenvalue weighted by atomic mass is 9.76. The van der Waals surface area contributed by atoms with Gasteiger partial charge in [-0.05, 0) is 40.5 Å². The van der Waals surface area contributed by atoms with Gasteiger partial charge in [0.05, 0.1) is 5.92 Å². The van der Waals surface area contributed by atoms with Gasteiger partial charge < -0.3 is 14.7 Å². The zero-order valence-corrected chi connectivity index (χ0v) is 17.7. The first-order valence-electron chi connectivity index (χ1n) is 11.5. The van der Waals surface area contributed by atoms with Crippen molar-refractivity contribution in [3.63, 3.8) is 0 Å². The molecule has 31 heavy (non-hydrogen) atoms. The lowest BCUT2D eigenvalue weighted by molar-refractivity contribution is -0.146. The first-order chi connectivity index (χ1) is 15.1. The Bertz CT molecular complexity index is 935. The van der Waals surface area contributed by atoms with Crippen LogP contribution in [0.15, 0.2) is 48.5 Å². The Morgan fingerprint density at radius 1 is 0.935 bits per heavy atom. The van der Waals surface area contributed by atoms with E-state index < -0.39 is 5.97 Å². The maximum absolute atomic E-state index is 13.0. The minimum absolute atomic E-state index is 0.0363. The fourth-order valence-electron chi connectivity index (χ4n) is 6.00. The second kappa shape index (κ2) is 8.37. The van der Waals surface area contributed by atoms with Crippen LogP contribution in [0.25, 0.3) is 11.1 Å². The van der Waals surface area contributed by atoms with Crippen LogP contribution < -0.4 is 0 Å². The lowest BCUT2D eigenvalue weighted by Gasteiger charge is -2.39. The highest BCUT2D eigenvalue weighted by Crippen LogP contribution is 2.45. The van der Waals surface area contributed by atoms with Crippen LogP contribution in [-0.2, 0) is 9.53 Å². The molecule has 0 radical (unpaired) electrons. The molecule has 2 aliphatic carbocycles. The molecule has 5 nitrogen and oxygen atoms in total. The Balaban J connectivity index is 1.28. The molecule has 1 N–H and O–H groups in total. The normalized spacial score (nSPS) is 23.4. The van der Waals surface area contributed by atoms with Gasteiger partial charge in [-0.3, -0.25) is 4.79 Å². The zero-order chi connectivity index (χ0) is 21.4. The van der Waals surface area contributed by atoms with Gasteiger partial charge in [0.1, 0.15) is 6.61 Å². The topological polar surface area (TPSA) is 66.8 Å². The fourth-order valence-corrected chi connectivity index (χ4v) is 6.00. The number of carboxylic acids is 1. The standard InChI is InChI=1S/C26H29NO4/c28-25(29)22-13-14-27(15-23(22)17-7-1-2-8-17)26(30)31-16-24-20-11-5-3-9-18(20)19-10-4-6-12-21(19)24/h3-6,9-12,17,22-24H,1-2,7-8,13-16H2,(H,28,29)/t22-,23-/m1/s1. The number of carbonyl (C=O) groups excluding carboxylic acids is 1. The van der Waals surface area contributed by atoms with Crippen LogP contribution in [0.5, 0.6) is 0 Å². The van der Waals surface area contributed by atoms with E-state index in [2.05, 4.69) is 24.3 Å². The number of benzene rings is 2. The lowest BCUT2D eigenvalue weighted by Crippen LogP contribution is -2.48. The van der Waals surface area contributed by atoms with Gasteiger partial charge >= 0.3 is 12.1 Å². The number of fused-ring (bicyclic) bond motifs is 3. The average Bonchev–Trinajstić information content (AvgIpc) is 3.44. The number of likely N-dealkylation sites (tertiary alicyclic amines) is 1. The molecule has 0 bridgehead atoms. The summed E-state index contributed by atoms with van der Waals surface area (Å²) < 4.78 is 5.83. The van der Waals surface area contributed by atoms with Crippen molar-refractivity contribution in [2.24, 2.45) is 17.8 Å². The molecule has 5 heteroatoms. The summed E-state index contributed by atoms with van der Waals surface area (Å²) in [6.07, 6.45) is 4.69. The third-order valence-electron chi connectivity index (χ3n) is 7.57. The van der Waals surface area contributed by atoms with Crippen molar-refractivity contribution in [2.45, 2.75) is 38.0 Å². The molecule has 2 aromatic carbocycles. The summed E-state index contributed by atoms with van der Waals surface area (Å²) in [6, 6.07) is 16.6. The molecule has 1 aliphatic heterocycles. The number of aliphatic carboxylic acids is 1. The van der Waals surface area contributed by atoms with Crippen molar-refractivity contribution in [1.29, 1.82) is 0 Å². The number of hydrogen-bond donors (Lipinski definition) is 1. The first kappa shape index (κ1) is 20.1. The number of carbonyl (C=O) groups is 2. The van der Waals surface area contributed by atoms with E-state index in [-0.39, 0.29) is 23.8 Å². The Morgan fingerprint density at radius 3 is 2.16 bits per heavy atom. The van der Waals surface area contributed by atoms with Crippen LogP contribution in [0.2, 0.25) is 0 Å². The highest BCUT2D eigenvalue weighted by Gasteiger charge is 2.41. The quantitative estimate of drug-likeness (QED) is 0.744. The van der Waals surface area contributed by atoms with Gasteiger partial charge in [0.2, 0.25) is 0 Å². The SMILES string of the molecule is O=C(O)[C@@H]1CCN(C(=O)OCC2c3ccccc3-c3ccccc32)C[C@@H]1C1CCCC1. The van der Waals surface area contributed by atoms with Crippen LogP contribution in [0.1, 0.15) is 49.1 Å². The number of hydrogen-bond acceptors (Lipinski definition) is 3. The molecule has 162 valence electrons. The van der Waals surface area contributed by atoms with Crippen LogP contribution in [0.4, 0.5) is 4.79 Å². The van der Waals surface area contributed by atoms with Crippen molar-refractivity contribution in [2.75, 3.05) is 19.7 Å². The van der Waals surface area contributed by atoms with Gasteiger partial charge in [0.25, 0.3) is 0 Å². The number of nitrogens with zero attached hydrogens (tertiary/aromatic N) is 1. The summed E-state index contributed by atoms with van der Waals surface area (Å²) >= 11 is 0. The summed E-state index contributed by atoms with van der Waals surface area (Å²) in [7, 11) is 0. The number of ether oxygens (including phenoxy) is 1. The van der Waals surface area contributed by atoms with Crippen LogP contribution in [0, 0.1) is 17.8 Å². The minimum atomic E-state index is -0.718. The predicted octanol–water partition coefficient (Wildman–Crippen LogP) is 5.15. The van der Waals surface area contributed by atoms with Crippen molar-refractivity contribution in [1.82, 2.24) is 4.90 Å². The van der Waals surface area contributed by atoms with Gasteiger partial charge in [-0.2, -0.15) is 0 Å². The van der Waals surface area contributed by atoms with E-state index in [0.717, 1.165) is 12.8 Å². The summed E-state index contributed by atoms with van der Waals surface area (Å²) in [5, 5.41) is 9.69. The molecule has 1 amide bonds. The molecular weight excluding hydrogens is 390 g/mol. The number of piperidine rings is 1. The molecule has 2 aromatic rings. The van der Waals surface area contributed by atoms with Crippen molar-refractivity contribution < 1.29 is 19.4 Å². The zero-order valence-electron chi connectivity index (χ0n) is 17.7. The minimum Gasteiger partial charge on any atom is -0.481 e. The average molecular weight is 420 g/mol. The maximum Gasteiger partial charge on any atom is 0.409 e. The molecule has 1 saturated carbocycles. The van der Waals surface area contributed by atoms with Crippen molar-refractivity contribution in [3.05, 3.63) is 59.7 Å². The Labute approximate surface area is 183 Å². The molecular formula is C26H29NO4. The smallest absolute Gasteiger partial charge is 0.409 e. The van der Waals surface area contributed by atoms with Gasteiger partial charge in [-0.25, -0.2) is 4.79 Å². The number of rotatable bonds is 4. The predicted molar refractivity (Wildman–Crippen MR) is 118 cm³/mol. The second-order valence-electron chi connectivity index (χ2n) is 9.19. The molecule has 1 heterocycles. The molecule has 0 spiro atoms. The molecule has 0 unspecified atom stereocenters. The van der Waals surface area contributed by atoms with E-state index in [4.69, 9.17) is 4.74 Å². The number of amides is 1. The summed E-state index contributed by atoms with van der Waals surface area (Å²) in [6.45, 7) is 1.26. The van der Waals surface area contributed by atoms with Crippen LogP contribution in [0.3, 0.4) is 0 Å². The Kier molecular flexibility index (Phi) is 5.43. The number of carboxylic acid groups (broad SMARTS) is 1. The largest absolute Gasteiger partial charge is 0.481 e. The van der Waals surface area contributed by atoms with E-state index in [0.29, 0.717) is 32.0 Å². The monoisotopic (exact) mass is 419 g/mol. The summed E-state index contributed by atoms with van der Waals surface area (Å²) in [5.41, 5.74) is 4.82. The molecule has 2 atom stereocenters. The van der Waals surface area contributed by atoms with Gasteiger partial charge in [0.15, 0.2) is 0 Å². The Hall–Kier alpha value is -2.82. The van der Waals surface area contributed by atoms with E-state index in [1.807, 2.05) is 24.3 Å². The fraction of sp³-hybridized carbons (Fsp3) is 0.462. The van der Waals surface area contributed by atoms with Crippen molar-refractivity contribution >= 4 is 12.1 Å². The van der Waals surface area contributed by atoms with Crippen LogP contribution >= 0.6 is 0 Å². The van der Waals surface area contributed by atoms with Gasteiger partial charge in [-0.15, -0.1) is 0 Å². The van der Waals surface area contributed by atoms with E-state index in [9.17, 15) is 14.7 Å². The van der Waals surface area contributed by atoms with Gasteiger partial charge in [0, 0.05) is 19.0 Å². The first-order valence-corrected chi connectivity index (χ1v) is 11.5. The van der Waals surface area contributed by atoms with Crippen LogP contribution in [-0.4, -0.2) is 41.8 Å². The summed E-state index contributed by atoms with van der Waals surface area (Å²) in [4.78, 5) is 26.5. The molecule has 0 aromatic heterocycles. The maximum atomic E-state index is 13.0. The van der Waals surface area contributed by atoms with Crippen molar-refractivity contribution in [3.8, 4) is 11.1 Å². The second-order valence-corrected chi connectivity index (χ2v) is 9.19. The van der Waals surface area contributed by atoms with Gasteiger partial charge in [-0.1, -0.05) is 74.2 Å². The molecule has 1 saturated heterocycles. The van der Waals surface area contributed by atoms with E-state index in [1.54, 1.807) is 4.90 Å². The molecule has 2 fully saturated rings. The van der Waals surface area contributed by atoms with E-state index >= 15 is 0 Å². The highest BCUT2D eigenvalue weighted by atomic mass is 16.6. The third-order valence-corrected chi connectivity index (χ3v) is 7.57. The summed E-state index contributed by atoms with van der Waals surface area (Å²) in [5.74, 6) is -0.581. The highest BCUT2D eigenvalue weighted by molar-refractivity contribution is 5.79. The molecule has 5 rings (SSSR count).